The molecule has 1 aromatic heterocycles. The number of hydrogen-bond donors (Lipinski definition) is 1. The first-order chi connectivity index (χ1) is 11.7. The summed E-state index contributed by atoms with van der Waals surface area (Å²) >= 11 is 0. The van der Waals surface area contributed by atoms with E-state index in [2.05, 4.69) is 26.1 Å². The summed E-state index contributed by atoms with van der Waals surface area (Å²) in [7, 11) is 1.72. The number of imide groups is 1. The predicted octanol–water partition coefficient (Wildman–Crippen LogP) is 2.68. The fraction of sp³-hybridized carbons (Fsp3) is 0.632. The number of aromatic nitrogens is 1. The van der Waals surface area contributed by atoms with Crippen LogP contribution in [0.25, 0.3) is 0 Å². The van der Waals surface area contributed by atoms with E-state index in [0.29, 0.717) is 11.6 Å². The Hall–Kier alpha value is -2.11. The molecule has 138 valence electrons. The maximum absolute atomic E-state index is 12.1. The average Bonchev–Trinajstić information content (AvgIpc) is 2.98. The quantitative estimate of drug-likeness (QED) is 0.849. The number of hydrogen-bond acceptors (Lipinski definition) is 4. The summed E-state index contributed by atoms with van der Waals surface area (Å²) in [6.07, 6.45) is 5.31. The second-order valence-electron chi connectivity index (χ2n) is 7.90. The van der Waals surface area contributed by atoms with Gasteiger partial charge in [0.25, 0.3) is 11.8 Å². The summed E-state index contributed by atoms with van der Waals surface area (Å²) < 4.78 is 6.72. The maximum Gasteiger partial charge on any atom is 0.309 e. The highest BCUT2D eigenvalue weighted by Gasteiger charge is 2.33. The smallest absolute Gasteiger partial charge is 0.309 e. The van der Waals surface area contributed by atoms with E-state index in [1.807, 2.05) is 0 Å². The molecule has 0 bridgehead atoms. The summed E-state index contributed by atoms with van der Waals surface area (Å²) in [6.45, 7) is 6.26. The van der Waals surface area contributed by atoms with Crippen molar-refractivity contribution in [3.63, 3.8) is 0 Å². The van der Waals surface area contributed by atoms with E-state index in [1.54, 1.807) is 29.9 Å². The van der Waals surface area contributed by atoms with Crippen molar-refractivity contribution in [2.24, 2.45) is 24.3 Å². The molecule has 0 spiro atoms. The van der Waals surface area contributed by atoms with Crippen LogP contribution in [0, 0.1) is 17.3 Å². The number of amides is 2. The highest BCUT2D eigenvalue weighted by atomic mass is 16.5. The molecule has 0 atom stereocenters. The Morgan fingerprint density at radius 1 is 1.20 bits per heavy atom. The molecule has 1 aliphatic carbocycles. The van der Waals surface area contributed by atoms with Crippen molar-refractivity contribution in [1.82, 2.24) is 9.88 Å². The van der Waals surface area contributed by atoms with Crippen LogP contribution in [0.15, 0.2) is 18.3 Å². The van der Waals surface area contributed by atoms with Crippen molar-refractivity contribution in [3.05, 3.63) is 24.0 Å². The van der Waals surface area contributed by atoms with Crippen LogP contribution in [0.2, 0.25) is 0 Å². The van der Waals surface area contributed by atoms with Crippen molar-refractivity contribution < 1.29 is 19.1 Å². The van der Waals surface area contributed by atoms with Gasteiger partial charge in [-0.25, -0.2) is 0 Å². The van der Waals surface area contributed by atoms with Crippen LogP contribution in [0.4, 0.5) is 0 Å². The third kappa shape index (κ3) is 5.18. The third-order valence-electron chi connectivity index (χ3n) is 5.06. The molecule has 6 heteroatoms. The van der Waals surface area contributed by atoms with Crippen LogP contribution in [0.1, 0.15) is 56.9 Å². The second kappa shape index (κ2) is 7.85. The molecule has 1 heterocycles. The van der Waals surface area contributed by atoms with Gasteiger partial charge in [0.2, 0.25) is 0 Å². The molecule has 1 fully saturated rings. The molecule has 1 aromatic rings. The van der Waals surface area contributed by atoms with E-state index in [0.717, 1.165) is 25.7 Å². The first kappa shape index (κ1) is 19.2. The van der Waals surface area contributed by atoms with Crippen molar-refractivity contribution >= 4 is 17.8 Å². The summed E-state index contributed by atoms with van der Waals surface area (Å²) in [5.41, 5.74) is 0.631. The van der Waals surface area contributed by atoms with Crippen molar-refractivity contribution in [3.8, 4) is 0 Å². The third-order valence-corrected chi connectivity index (χ3v) is 5.06. The first-order valence-electron chi connectivity index (χ1n) is 8.80. The molecule has 1 saturated carbocycles. The monoisotopic (exact) mass is 348 g/mol. The summed E-state index contributed by atoms with van der Waals surface area (Å²) in [5.74, 6) is -0.978. The Morgan fingerprint density at radius 3 is 2.36 bits per heavy atom. The van der Waals surface area contributed by atoms with Crippen molar-refractivity contribution in [1.29, 1.82) is 0 Å². The Kier molecular flexibility index (Phi) is 6.03. The predicted molar refractivity (Wildman–Crippen MR) is 93.7 cm³/mol. The average molecular weight is 348 g/mol. The minimum absolute atomic E-state index is 0.144. The van der Waals surface area contributed by atoms with Gasteiger partial charge in [0, 0.05) is 13.2 Å². The number of ether oxygens (including phenoxy) is 1. The molecular weight excluding hydrogens is 320 g/mol. The Bertz CT molecular complexity index is 634. The summed E-state index contributed by atoms with van der Waals surface area (Å²) in [6, 6.07) is 3.33. The zero-order chi connectivity index (χ0) is 18.6. The number of esters is 1. The van der Waals surface area contributed by atoms with Gasteiger partial charge in [0.15, 0.2) is 6.61 Å². The highest BCUT2D eigenvalue weighted by Crippen LogP contribution is 2.40. The Balaban J connectivity index is 1.74. The summed E-state index contributed by atoms with van der Waals surface area (Å²) in [4.78, 5) is 35.9. The van der Waals surface area contributed by atoms with Gasteiger partial charge in [-0.3, -0.25) is 19.7 Å². The number of carbonyl (C=O) groups excluding carboxylic acids is 3. The van der Waals surface area contributed by atoms with Gasteiger partial charge in [-0.1, -0.05) is 20.8 Å². The molecule has 0 radical (unpaired) electrons. The number of rotatable bonds is 4. The Morgan fingerprint density at radius 2 is 1.84 bits per heavy atom. The molecule has 1 aliphatic rings. The van der Waals surface area contributed by atoms with Gasteiger partial charge in [0.1, 0.15) is 5.69 Å². The van der Waals surface area contributed by atoms with E-state index in [4.69, 9.17) is 4.74 Å². The highest BCUT2D eigenvalue weighted by molar-refractivity contribution is 6.04. The number of aryl methyl sites for hydroxylation is 1. The van der Waals surface area contributed by atoms with E-state index in [1.165, 1.54) is 0 Å². The van der Waals surface area contributed by atoms with Crippen molar-refractivity contribution in [2.75, 3.05) is 6.61 Å². The largest absolute Gasteiger partial charge is 0.455 e. The van der Waals surface area contributed by atoms with Crippen LogP contribution in [-0.2, 0) is 21.4 Å². The SMILES string of the molecule is Cn1cccc1C(=O)NC(=O)COC(=O)C1CCC(C(C)(C)C)CC1. The first-order valence-corrected chi connectivity index (χ1v) is 8.80. The molecule has 2 rings (SSSR count). The van der Waals surface area contributed by atoms with Crippen molar-refractivity contribution in [2.45, 2.75) is 46.5 Å². The van der Waals surface area contributed by atoms with Gasteiger partial charge in [0.05, 0.1) is 5.92 Å². The molecule has 1 N–H and O–H groups in total. The van der Waals surface area contributed by atoms with Crippen LogP contribution < -0.4 is 5.32 Å². The molecule has 25 heavy (non-hydrogen) atoms. The maximum atomic E-state index is 12.1. The van der Waals surface area contributed by atoms with Crippen LogP contribution >= 0.6 is 0 Å². The van der Waals surface area contributed by atoms with Gasteiger partial charge >= 0.3 is 5.97 Å². The van der Waals surface area contributed by atoms with Crippen LogP contribution in [-0.4, -0.2) is 29.0 Å². The molecule has 0 aliphatic heterocycles. The van der Waals surface area contributed by atoms with Gasteiger partial charge in [-0.2, -0.15) is 0 Å². The van der Waals surface area contributed by atoms with E-state index >= 15 is 0 Å². The van der Waals surface area contributed by atoms with Crippen LogP contribution in [0.3, 0.4) is 0 Å². The van der Waals surface area contributed by atoms with E-state index in [-0.39, 0.29) is 17.3 Å². The number of nitrogens with zero attached hydrogens (tertiary/aromatic N) is 1. The minimum Gasteiger partial charge on any atom is -0.455 e. The number of nitrogens with one attached hydrogen (secondary N) is 1. The number of carbonyl (C=O) groups is 3. The fourth-order valence-electron chi connectivity index (χ4n) is 3.37. The molecule has 0 saturated heterocycles. The fourth-order valence-corrected chi connectivity index (χ4v) is 3.37. The Labute approximate surface area is 148 Å². The standard InChI is InChI=1S/C19H28N2O4/c1-19(2,3)14-9-7-13(8-10-14)18(24)25-12-16(22)20-17(23)15-6-5-11-21(15)4/h5-6,11,13-14H,7-10,12H2,1-4H3,(H,20,22,23). The molecule has 0 aromatic carbocycles. The lowest BCUT2D eigenvalue weighted by atomic mass is 9.70. The summed E-state index contributed by atoms with van der Waals surface area (Å²) in [5, 5.41) is 2.23. The normalized spacial score (nSPS) is 20.8. The van der Waals surface area contributed by atoms with Gasteiger partial charge in [-0.05, 0) is 49.1 Å². The molecule has 6 nitrogen and oxygen atoms in total. The lowest BCUT2D eigenvalue weighted by Crippen LogP contribution is -2.36. The zero-order valence-corrected chi connectivity index (χ0v) is 15.5. The van der Waals surface area contributed by atoms with Gasteiger partial charge < -0.3 is 9.30 Å². The lowest BCUT2D eigenvalue weighted by molar-refractivity contribution is -0.154. The zero-order valence-electron chi connectivity index (χ0n) is 15.5. The topological polar surface area (TPSA) is 77.4 Å². The second-order valence-corrected chi connectivity index (χ2v) is 7.90. The lowest BCUT2D eigenvalue weighted by Gasteiger charge is -2.36. The van der Waals surface area contributed by atoms with Gasteiger partial charge in [-0.15, -0.1) is 0 Å². The van der Waals surface area contributed by atoms with E-state index < -0.39 is 18.4 Å². The molecule has 2 amide bonds. The molecule has 0 unspecified atom stereocenters. The minimum atomic E-state index is -0.608. The van der Waals surface area contributed by atoms with E-state index in [9.17, 15) is 14.4 Å². The van der Waals surface area contributed by atoms with Crippen LogP contribution in [0.5, 0.6) is 0 Å². The molecular formula is C19H28N2O4.